The SMILES string of the molecule is Cc1ccc(COc2c(Br)cc(Br)cc2/C=C2\C(=O)NC(=O)N(c3ccc(OCc4ccccc4)cc3)C2=O)cc1. The monoisotopic (exact) mass is 674 g/mol. The highest BCUT2D eigenvalue weighted by molar-refractivity contribution is 9.11. The standard InChI is InChI=1S/C32H24Br2N2O5/c1-20-7-9-22(10-8-20)19-41-29-23(15-24(33)17-28(29)34)16-27-30(37)35-32(39)36(31(27)38)25-11-13-26(14-12-25)40-18-21-5-3-2-4-6-21/h2-17H,18-19H2,1H3,(H,35,37,39)/b27-16+. The molecule has 1 heterocycles. The van der Waals surface area contributed by atoms with Crippen LogP contribution in [0.3, 0.4) is 0 Å². The number of ether oxygens (including phenoxy) is 2. The number of hydrogen-bond donors (Lipinski definition) is 1. The van der Waals surface area contributed by atoms with E-state index < -0.39 is 17.8 Å². The van der Waals surface area contributed by atoms with Crippen molar-refractivity contribution in [1.29, 1.82) is 0 Å². The predicted octanol–water partition coefficient (Wildman–Crippen LogP) is 7.34. The Hall–Kier alpha value is -4.21. The van der Waals surface area contributed by atoms with Crippen molar-refractivity contribution in [3.63, 3.8) is 0 Å². The van der Waals surface area contributed by atoms with Gasteiger partial charge in [-0.25, -0.2) is 9.69 Å². The van der Waals surface area contributed by atoms with Crippen LogP contribution in [-0.4, -0.2) is 17.8 Å². The number of nitrogens with zero attached hydrogens (tertiary/aromatic N) is 1. The van der Waals surface area contributed by atoms with Crippen LogP contribution in [0.4, 0.5) is 10.5 Å². The zero-order valence-electron chi connectivity index (χ0n) is 21.9. The van der Waals surface area contributed by atoms with Crippen LogP contribution in [0.1, 0.15) is 22.3 Å². The van der Waals surface area contributed by atoms with Crippen molar-refractivity contribution in [3.05, 3.63) is 128 Å². The zero-order chi connectivity index (χ0) is 28.9. The third-order valence-electron chi connectivity index (χ3n) is 6.29. The maximum Gasteiger partial charge on any atom is 0.335 e. The number of hydrogen-bond acceptors (Lipinski definition) is 5. The number of carbonyl (C=O) groups excluding carboxylic acids is 3. The molecule has 0 bridgehead atoms. The molecule has 1 saturated heterocycles. The maximum absolute atomic E-state index is 13.5. The van der Waals surface area contributed by atoms with Gasteiger partial charge >= 0.3 is 6.03 Å². The average molecular weight is 676 g/mol. The predicted molar refractivity (Wildman–Crippen MR) is 164 cm³/mol. The maximum atomic E-state index is 13.5. The van der Waals surface area contributed by atoms with Gasteiger partial charge in [-0.15, -0.1) is 0 Å². The molecule has 4 aromatic carbocycles. The molecule has 1 aliphatic heterocycles. The molecule has 0 aromatic heterocycles. The van der Waals surface area contributed by atoms with Crippen molar-refractivity contribution >= 4 is 61.5 Å². The van der Waals surface area contributed by atoms with E-state index in [4.69, 9.17) is 9.47 Å². The first-order valence-corrected chi connectivity index (χ1v) is 14.2. The summed E-state index contributed by atoms with van der Waals surface area (Å²) in [4.78, 5) is 40.0. The van der Waals surface area contributed by atoms with Crippen LogP contribution in [0, 0.1) is 6.92 Å². The highest BCUT2D eigenvalue weighted by atomic mass is 79.9. The molecule has 0 saturated carbocycles. The van der Waals surface area contributed by atoms with E-state index in [-0.39, 0.29) is 12.2 Å². The molecule has 206 valence electrons. The summed E-state index contributed by atoms with van der Waals surface area (Å²) in [7, 11) is 0. The van der Waals surface area contributed by atoms with Crippen LogP contribution in [0.15, 0.2) is 106 Å². The Balaban J connectivity index is 1.39. The van der Waals surface area contributed by atoms with Crippen LogP contribution in [0.2, 0.25) is 0 Å². The number of urea groups is 1. The fourth-order valence-corrected chi connectivity index (χ4v) is 5.53. The molecule has 0 aliphatic carbocycles. The van der Waals surface area contributed by atoms with Gasteiger partial charge in [0.2, 0.25) is 0 Å². The summed E-state index contributed by atoms with van der Waals surface area (Å²) in [5.41, 5.74) is 3.68. The van der Waals surface area contributed by atoms with Crippen molar-refractivity contribution in [2.45, 2.75) is 20.1 Å². The average Bonchev–Trinajstić information content (AvgIpc) is 2.95. The highest BCUT2D eigenvalue weighted by Crippen LogP contribution is 2.36. The Morgan fingerprint density at radius 2 is 1.46 bits per heavy atom. The minimum Gasteiger partial charge on any atom is -0.489 e. The van der Waals surface area contributed by atoms with Gasteiger partial charge in [-0.05, 0) is 76.5 Å². The third-order valence-corrected chi connectivity index (χ3v) is 7.33. The largest absolute Gasteiger partial charge is 0.489 e. The fraction of sp³-hybridized carbons (Fsp3) is 0.0938. The molecule has 5 rings (SSSR count). The van der Waals surface area contributed by atoms with Gasteiger partial charge in [0.15, 0.2) is 0 Å². The van der Waals surface area contributed by atoms with E-state index in [1.165, 1.54) is 6.08 Å². The molecule has 0 unspecified atom stereocenters. The lowest BCUT2D eigenvalue weighted by Crippen LogP contribution is -2.54. The summed E-state index contributed by atoms with van der Waals surface area (Å²) >= 11 is 6.99. The number of nitrogens with one attached hydrogen (secondary N) is 1. The highest BCUT2D eigenvalue weighted by Gasteiger charge is 2.37. The summed E-state index contributed by atoms with van der Waals surface area (Å²) in [6.07, 6.45) is 1.43. The van der Waals surface area contributed by atoms with Gasteiger partial charge in [0.25, 0.3) is 11.8 Å². The van der Waals surface area contributed by atoms with E-state index in [0.717, 1.165) is 21.6 Å². The number of halogens is 2. The van der Waals surface area contributed by atoms with Crippen LogP contribution >= 0.6 is 31.9 Å². The number of carbonyl (C=O) groups is 3. The molecular formula is C32H24Br2N2O5. The minimum atomic E-state index is -0.832. The van der Waals surface area contributed by atoms with Crippen LogP contribution in [0.5, 0.6) is 11.5 Å². The summed E-state index contributed by atoms with van der Waals surface area (Å²) in [6, 6.07) is 26.9. The lowest BCUT2D eigenvalue weighted by atomic mass is 10.1. The molecule has 1 N–H and O–H groups in total. The number of imide groups is 2. The Morgan fingerprint density at radius 3 is 2.17 bits per heavy atom. The Kier molecular flexibility index (Phi) is 8.66. The number of aryl methyl sites for hydroxylation is 1. The van der Waals surface area contributed by atoms with Gasteiger partial charge in [-0.1, -0.05) is 76.1 Å². The minimum absolute atomic E-state index is 0.209. The summed E-state index contributed by atoms with van der Waals surface area (Å²) in [5.74, 6) is -0.522. The molecule has 0 spiro atoms. The van der Waals surface area contributed by atoms with E-state index in [1.807, 2.05) is 67.6 Å². The molecule has 1 aliphatic rings. The topological polar surface area (TPSA) is 84.9 Å². The number of barbiturate groups is 1. The number of anilines is 1. The van der Waals surface area contributed by atoms with Crippen molar-refractivity contribution in [2.75, 3.05) is 4.90 Å². The quantitative estimate of drug-likeness (QED) is 0.156. The Bertz CT molecular complexity index is 1640. The number of benzene rings is 4. The number of amides is 4. The van der Waals surface area contributed by atoms with E-state index in [9.17, 15) is 14.4 Å². The van der Waals surface area contributed by atoms with Gasteiger partial charge in [0.1, 0.15) is 30.3 Å². The van der Waals surface area contributed by atoms with Crippen LogP contribution < -0.4 is 19.7 Å². The van der Waals surface area contributed by atoms with E-state index in [2.05, 4.69) is 37.2 Å². The van der Waals surface area contributed by atoms with Crippen LogP contribution in [-0.2, 0) is 22.8 Å². The molecule has 7 nitrogen and oxygen atoms in total. The van der Waals surface area contributed by atoms with Crippen LogP contribution in [0.25, 0.3) is 6.08 Å². The fourth-order valence-electron chi connectivity index (χ4n) is 4.16. The molecule has 0 atom stereocenters. The second-order valence-corrected chi connectivity index (χ2v) is 11.1. The second-order valence-electron chi connectivity index (χ2n) is 9.31. The van der Waals surface area contributed by atoms with Crippen molar-refractivity contribution in [2.24, 2.45) is 0 Å². The Morgan fingerprint density at radius 1 is 0.805 bits per heavy atom. The Labute approximate surface area is 254 Å². The summed E-state index contributed by atoms with van der Waals surface area (Å²) in [5, 5.41) is 2.27. The summed E-state index contributed by atoms with van der Waals surface area (Å²) < 4.78 is 13.3. The zero-order valence-corrected chi connectivity index (χ0v) is 25.1. The van der Waals surface area contributed by atoms with Gasteiger partial charge in [-0.3, -0.25) is 14.9 Å². The second kappa shape index (κ2) is 12.5. The molecular weight excluding hydrogens is 652 g/mol. The first-order valence-electron chi connectivity index (χ1n) is 12.6. The van der Waals surface area contributed by atoms with E-state index in [0.29, 0.717) is 38.3 Å². The molecule has 4 amide bonds. The van der Waals surface area contributed by atoms with Gasteiger partial charge < -0.3 is 9.47 Å². The first-order chi connectivity index (χ1) is 19.8. The molecule has 9 heteroatoms. The number of rotatable bonds is 8. The normalized spacial score (nSPS) is 14.3. The van der Waals surface area contributed by atoms with Crippen molar-refractivity contribution < 1.29 is 23.9 Å². The van der Waals surface area contributed by atoms with Gasteiger partial charge in [-0.2, -0.15) is 0 Å². The smallest absolute Gasteiger partial charge is 0.335 e. The van der Waals surface area contributed by atoms with E-state index >= 15 is 0 Å². The first kappa shape index (κ1) is 28.3. The molecule has 1 fully saturated rings. The van der Waals surface area contributed by atoms with Gasteiger partial charge in [0.05, 0.1) is 10.2 Å². The van der Waals surface area contributed by atoms with Gasteiger partial charge in [0, 0.05) is 10.0 Å². The lowest BCUT2D eigenvalue weighted by Gasteiger charge is -2.26. The summed E-state index contributed by atoms with van der Waals surface area (Å²) in [6.45, 7) is 2.66. The lowest BCUT2D eigenvalue weighted by molar-refractivity contribution is -0.122. The van der Waals surface area contributed by atoms with Crippen molar-refractivity contribution in [3.8, 4) is 11.5 Å². The third kappa shape index (κ3) is 6.75. The molecule has 4 aromatic rings. The molecule has 0 radical (unpaired) electrons. The van der Waals surface area contributed by atoms with E-state index in [1.54, 1.807) is 30.3 Å². The molecule has 41 heavy (non-hydrogen) atoms. The van der Waals surface area contributed by atoms with Crippen molar-refractivity contribution in [1.82, 2.24) is 5.32 Å².